The van der Waals surface area contributed by atoms with Crippen LogP contribution in [0.3, 0.4) is 0 Å². The average Bonchev–Trinajstić information content (AvgIpc) is 2.72. The van der Waals surface area contributed by atoms with Crippen LogP contribution in [0.5, 0.6) is 0 Å². The Morgan fingerprint density at radius 3 is 2.76 bits per heavy atom. The number of carbonyl (C=O) groups is 1. The van der Waals surface area contributed by atoms with Gasteiger partial charge in [-0.1, -0.05) is 30.3 Å². The number of esters is 1. The first-order valence-electron chi connectivity index (χ1n) is 5.50. The molecule has 4 nitrogen and oxygen atoms in total. The van der Waals surface area contributed by atoms with Gasteiger partial charge in [-0.15, -0.1) is 0 Å². The minimum atomic E-state index is -0.375. The number of rotatable bonds is 3. The van der Waals surface area contributed by atoms with E-state index < -0.39 is 0 Å². The van der Waals surface area contributed by atoms with Gasteiger partial charge in [-0.3, -0.25) is 4.99 Å². The fraction of sp³-hybridized carbons (Fsp3) is 0.231. The predicted octanol–water partition coefficient (Wildman–Crippen LogP) is 1.27. The van der Waals surface area contributed by atoms with Gasteiger partial charge in [0, 0.05) is 5.56 Å². The molecule has 0 saturated heterocycles. The molecule has 0 bridgehead atoms. The van der Waals surface area contributed by atoms with Crippen molar-refractivity contribution in [2.45, 2.75) is 6.92 Å². The molecule has 0 amide bonds. The lowest BCUT2D eigenvalue weighted by Gasteiger charge is -2.04. The number of aliphatic imine (C=N–C) groups is 1. The van der Waals surface area contributed by atoms with Gasteiger partial charge in [-0.25, -0.2) is 4.79 Å². The number of allylic oxidation sites excluding steroid dienone is 1. The number of benzene rings is 1. The first-order valence-corrected chi connectivity index (χ1v) is 5.50. The highest BCUT2D eigenvalue weighted by atomic mass is 16.5. The second kappa shape index (κ2) is 4.82. The maximum Gasteiger partial charge on any atom is 0.338 e. The lowest BCUT2D eigenvalue weighted by Crippen LogP contribution is -2.17. The van der Waals surface area contributed by atoms with Crippen molar-refractivity contribution < 1.29 is 9.53 Å². The first-order chi connectivity index (χ1) is 8.24. The summed E-state index contributed by atoms with van der Waals surface area (Å²) in [5.41, 5.74) is 8.41. The normalized spacial score (nSPS) is 14.8. The Balaban J connectivity index is 2.26. The maximum absolute atomic E-state index is 11.6. The van der Waals surface area contributed by atoms with Crippen molar-refractivity contribution in [2.75, 3.05) is 13.2 Å². The highest BCUT2D eigenvalue weighted by Crippen LogP contribution is 2.17. The summed E-state index contributed by atoms with van der Waals surface area (Å²) in [7, 11) is 0. The van der Waals surface area contributed by atoms with Gasteiger partial charge in [0.2, 0.25) is 0 Å². The minimum absolute atomic E-state index is 0.300. The summed E-state index contributed by atoms with van der Waals surface area (Å²) in [6.45, 7) is 2.41. The van der Waals surface area contributed by atoms with Crippen molar-refractivity contribution in [3.8, 4) is 0 Å². The molecule has 1 aromatic carbocycles. The third kappa shape index (κ3) is 2.20. The van der Waals surface area contributed by atoms with Crippen molar-refractivity contribution >= 4 is 11.7 Å². The molecule has 2 rings (SSSR count). The summed E-state index contributed by atoms with van der Waals surface area (Å²) in [5.74, 6) is -0.375. The molecule has 1 aromatic rings. The van der Waals surface area contributed by atoms with E-state index in [9.17, 15) is 4.79 Å². The van der Waals surface area contributed by atoms with Gasteiger partial charge in [0.25, 0.3) is 0 Å². The molecule has 0 aliphatic carbocycles. The minimum Gasteiger partial charge on any atom is -0.463 e. The molecule has 4 heteroatoms. The Kier molecular flexibility index (Phi) is 3.23. The molecule has 2 N–H and O–H groups in total. The van der Waals surface area contributed by atoms with Crippen LogP contribution >= 0.6 is 0 Å². The van der Waals surface area contributed by atoms with Crippen LogP contribution < -0.4 is 5.73 Å². The Morgan fingerprint density at radius 1 is 1.41 bits per heavy atom. The first kappa shape index (κ1) is 11.4. The molecule has 0 spiro atoms. The van der Waals surface area contributed by atoms with Crippen LogP contribution in [0.15, 0.2) is 46.6 Å². The fourth-order valence-electron chi connectivity index (χ4n) is 1.71. The summed E-state index contributed by atoms with van der Waals surface area (Å²) in [6.07, 6.45) is 0. The van der Waals surface area contributed by atoms with Crippen molar-refractivity contribution in [3.05, 3.63) is 47.2 Å². The molecule has 0 aromatic heterocycles. The van der Waals surface area contributed by atoms with Gasteiger partial charge in [0.05, 0.1) is 30.1 Å². The summed E-state index contributed by atoms with van der Waals surface area (Å²) in [4.78, 5) is 15.9. The van der Waals surface area contributed by atoms with Gasteiger partial charge >= 0.3 is 5.97 Å². The van der Waals surface area contributed by atoms with E-state index in [1.54, 1.807) is 6.92 Å². The van der Waals surface area contributed by atoms with E-state index in [4.69, 9.17) is 10.5 Å². The van der Waals surface area contributed by atoms with Gasteiger partial charge in [-0.05, 0) is 6.92 Å². The van der Waals surface area contributed by atoms with Crippen molar-refractivity contribution in [2.24, 2.45) is 10.7 Å². The number of hydrogen-bond donors (Lipinski definition) is 1. The van der Waals surface area contributed by atoms with E-state index in [1.807, 2.05) is 30.3 Å². The van der Waals surface area contributed by atoms with E-state index in [-0.39, 0.29) is 5.97 Å². The topological polar surface area (TPSA) is 64.7 Å². The second-order valence-electron chi connectivity index (χ2n) is 3.64. The number of nitrogens with two attached hydrogens (primary N) is 1. The van der Waals surface area contributed by atoms with Gasteiger partial charge in [0.1, 0.15) is 0 Å². The average molecular weight is 230 g/mol. The van der Waals surface area contributed by atoms with E-state index in [0.29, 0.717) is 30.1 Å². The second-order valence-corrected chi connectivity index (χ2v) is 3.64. The van der Waals surface area contributed by atoms with Gasteiger partial charge in [0.15, 0.2) is 0 Å². The third-order valence-electron chi connectivity index (χ3n) is 2.54. The predicted molar refractivity (Wildman–Crippen MR) is 65.7 cm³/mol. The van der Waals surface area contributed by atoms with Crippen LogP contribution in [0.25, 0.3) is 0 Å². The largest absolute Gasteiger partial charge is 0.463 e. The van der Waals surface area contributed by atoms with Gasteiger partial charge < -0.3 is 10.5 Å². The standard InChI is InChI=1S/C13H14N2O2/c1-2-17-13(16)10-8-15-12(11(10)14)9-6-4-3-5-7-9/h3-7H,2,8,14H2,1H3. The Morgan fingerprint density at radius 2 is 2.12 bits per heavy atom. The van der Waals surface area contributed by atoms with E-state index in [0.717, 1.165) is 5.56 Å². The van der Waals surface area contributed by atoms with Crippen LogP contribution in [-0.4, -0.2) is 24.8 Å². The zero-order valence-corrected chi connectivity index (χ0v) is 9.64. The molecule has 0 radical (unpaired) electrons. The zero-order valence-electron chi connectivity index (χ0n) is 9.64. The molecule has 0 saturated carbocycles. The van der Waals surface area contributed by atoms with Crippen LogP contribution in [0, 0.1) is 0 Å². The molecule has 0 fully saturated rings. The van der Waals surface area contributed by atoms with Crippen LogP contribution in [0.4, 0.5) is 0 Å². The Labute approximate surface area is 99.8 Å². The summed E-state index contributed by atoms with van der Waals surface area (Å²) in [6, 6.07) is 9.58. The summed E-state index contributed by atoms with van der Waals surface area (Å²) in [5, 5.41) is 0. The highest BCUT2D eigenvalue weighted by molar-refractivity contribution is 6.17. The molecular weight excluding hydrogens is 216 g/mol. The molecule has 0 unspecified atom stereocenters. The van der Waals surface area contributed by atoms with Crippen LogP contribution in [-0.2, 0) is 9.53 Å². The maximum atomic E-state index is 11.6. The molecule has 1 aliphatic heterocycles. The highest BCUT2D eigenvalue weighted by Gasteiger charge is 2.24. The summed E-state index contributed by atoms with van der Waals surface area (Å²) >= 11 is 0. The Hall–Kier alpha value is -2.10. The lowest BCUT2D eigenvalue weighted by atomic mass is 10.1. The molecule has 0 atom stereocenters. The quantitative estimate of drug-likeness (QED) is 0.795. The van der Waals surface area contributed by atoms with Crippen molar-refractivity contribution in [3.63, 3.8) is 0 Å². The zero-order chi connectivity index (χ0) is 12.3. The fourth-order valence-corrected chi connectivity index (χ4v) is 1.71. The molecule has 1 heterocycles. The molecular formula is C13H14N2O2. The third-order valence-corrected chi connectivity index (χ3v) is 2.54. The molecule has 88 valence electrons. The SMILES string of the molecule is CCOC(=O)C1=C(N)C(c2ccccc2)=NC1. The number of hydrogen-bond acceptors (Lipinski definition) is 4. The number of nitrogens with zero attached hydrogens (tertiary/aromatic N) is 1. The number of ether oxygens (including phenoxy) is 1. The Bertz CT molecular complexity index is 489. The van der Waals surface area contributed by atoms with Gasteiger partial charge in [-0.2, -0.15) is 0 Å². The van der Waals surface area contributed by atoms with Crippen molar-refractivity contribution in [1.82, 2.24) is 0 Å². The van der Waals surface area contributed by atoms with Crippen LogP contribution in [0.2, 0.25) is 0 Å². The number of carbonyl (C=O) groups excluding carboxylic acids is 1. The van der Waals surface area contributed by atoms with Crippen molar-refractivity contribution in [1.29, 1.82) is 0 Å². The summed E-state index contributed by atoms with van der Waals surface area (Å²) < 4.78 is 4.93. The smallest absolute Gasteiger partial charge is 0.338 e. The van der Waals surface area contributed by atoms with E-state index in [1.165, 1.54) is 0 Å². The van der Waals surface area contributed by atoms with E-state index in [2.05, 4.69) is 4.99 Å². The molecule has 17 heavy (non-hydrogen) atoms. The van der Waals surface area contributed by atoms with Crippen LogP contribution in [0.1, 0.15) is 12.5 Å². The molecule has 1 aliphatic rings. The van der Waals surface area contributed by atoms with E-state index >= 15 is 0 Å². The lowest BCUT2D eigenvalue weighted by molar-refractivity contribution is -0.138. The monoisotopic (exact) mass is 230 g/mol.